The van der Waals surface area contributed by atoms with Crippen molar-refractivity contribution in [3.63, 3.8) is 0 Å². The molecule has 1 fully saturated rings. The Balaban J connectivity index is 3.21. The van der Waals surface area contributed by atoms with E-state index in [1.165, 1.54) is 6.92 Å². The first-order valence-electron chi connectivity index (χ1n) is 7.52. The maximum absolute atomic E-state index is 11.4. The number of hydrogen-bond donors (Lipinski definition) is 1. The highest BCUT2D eigenvalue weighted by molar-refractivity contribution is 5.71. The molecule has 0 aromatic rings. The average molecular weight is 180 g/mol. The molecular formula is C8H16N2O2. The van der Waals surface area contributed by atoms with Crippen LogP contribution in [0.2, 0.25) is 0 Å². The van der Waals surface area contributed by atoms with Crippen LogP contribution in [0.4, 0.5) is 0 Å². The molecule has 0 saturated carbocycles. The van der Waals surface area contributed by atoms with Crippen molar-refractivity contribution in [1.82, 2.24) is 10.2 Å². The fourth-order valence-electron chi connectivity index (χ4n) is 0.665. The number of nitrogens with one attached hydrogen (secondary N) is 1. The monoisotopic (exact) mass is 180 g/mol. The Morgan fingerprint density at radius 1 is 1.67 bits per heavy atom. The van der Waals surface area contributed by atoms with Gasteiger partial charge in [-0.2, -0.15) is 0 Å². The zero-order valence-electron chi connectivity index (χ0n) is 14.7. The molecule has 4 nitrogen and oxygen atoms in total. The second-order valence-corrected chi connectivity index (χ2v) is 1.99. The fraction of sp³-hybridized carbons (Fsp3) is 0.875. The van der Waals surface area contributed by atoms with Crippen LogP contribution in [-0.2, 0) is 9.53 Å². The maximum Gasteiger partial charge on any atom is 0.320 e. The number of hydrogen-bond acceptors (Lipinski definition) is 4. The van der Waals surface area contributed by atoms with Gasteiger partial charge in [0.25, 0.3) is 0 Å². The largest absolute Gasteiger partial charge is 0.465 e. The summed E-state index contributed by atoms with van der Waals surface area (Å²) < 4.78 is 65.4. The number of carbonyl (C=O) groups is 1. The van der Waals surface area contributed by atoms with Crippen LogP contribution in [0.1, 0.15) is 17.9 Å². The van der Waals surface area contributed by atoms with E-state index in [0.717, 1.165) is 0 Å². The lowest BCUT2D eigenvalue weighted by Gasteiger charge is -2.25. The van der Waals surface area contributed by atoms with Gasteiger partial charge in [-0.05, 0) is 6.92 Å². The standard InChI is InChI=1S/C8H16N2O2/c1-2-12-8(11)7-10-5-3-9-4-6-10/h9H,2-7H2,1H3/i3D2,4D2,5D2,6D2. The molecule has 0 amide bonds. The molecule has 1 rings (SSSR count). The topological polar surface area (TPSA) is 41.6 Å². The summed E-state index contributed by atoms with van der Waals surface area (Å²) in [6, 6.07) is 0. The summed E-state index contributed by atoms with van der Waals surface area (Å²) in [6.45, 7) is -11.1. The fourth-order valence-corrected chi connectivity index (χ4v) is 0.665. The normalized spacial score (nSPS) is 45.8. The summed E-state index contributed by atoms with van der Waals surface area (Å²) in [5, 5.41) is 1.67. The van der Waals surface area contributed by atoms with Gasteiger partial charge in [-0.25, -0.2) is 0 Å². The summed E-state index contributed by atoms with van der Waals surface area (Å²) in [5.41, 5.74) is 0. The minimum atomic E-state index is -2.95. The Labute approximate surface area is 84.1 Å². The van der Waals surface area contributed by atoms with Gasteiger partial charge < -0.3 is 10.1 Å². The number of rotatable bonds is 3. The van der Waals surface area contributed by atoms with E-state index in [9.17, 15) is 4.79 Å². The zero-order valence-corrected chi connectivity index (χ0v) is 6.68. The average Bonchev–Trinajstić information content (AvgIpc) is 2.22. The molecule has 0 spiro atoms. The van der Waals surface area contributed by atoms with E-state index in [1.54, 1.807) is 5.32 Å². The third-order valence-corrected chi connectivity index (χ3v) is 1.10. The molecule has 4 heteroatoms. The smallest absolute Gasteiger partial charge is 0.320 e. The highest BCUT2D eigenvalue weighted by Crippen LogP contribution is 1.92. The van der Waals surface area contributed by atoms with Gasteiger partial charge in [-0.15, -0.1) is 0 Å². The van der Waals surface area contributed by atoms with E-state index in [-0.39, 0.29) is 11.5 Å². The van der Waals surface area contributed by atoms with Crippen molar-refractivity contribution in [2.75, 3.05) is 39.1 Å². The molecule has 70 valence electrons. The third kappa shape index (κ3) is 3.19. The minimum Gasteiger partial charge on any atom is -0.465 e. The number of ether oxygens (including phenoxy) is 1. The van der Waals surface area contributed by atoms with Gasteiger partial charge in [0.2, 0.25) is 0 Å². The van der Waals surface area contributed by atoms with Gasteiger partial charge in [-0.3, -0.25) is 9.69 Å². The van der Waals surface area contributed by atoms with Crippen LogP contribution < -0.4 is 5.32 Å². The molecule has 1 aliphatic heterocycles. The Hall–Kier alpha value is -0.610. The van der Waals surface area contributed by atoms with Crippen molar-refractivity contribution in [3.8, 4) is 0 Å². The van der Waals surface area contributed by atoms with E-state index >= 15 is 0 Å². The van der Waals surface area contributed by atoms with E-state index in [2.05, 4.69) is 4.74 Å². The van der Waals surface area contributed by atoms with Gasteiger partial charge in [0.05, 0.1) is 13.2 Å². The second kappa shape index (κ2) is 5.11. The quantitative estimate of drug-likeness (QED) is 0.592. The van der Waals surface area contributed by atoms with Gasteiger partial charge in [0, 0.05) is 37.0 Å². The molecule has 0 radical (unpaired) electrons. The molecule has 0 unspecified atom stereocenters. The summed E-state index contributed by atoms with van der Waals surface area (Å²) in [6.07, 6.45) is 0. The first kappa shape index (κ1) is 3.27. The third-order valence-electron chi connectivity index (χ3n) is 1.10. The Morgan fingerprint density at radius 2 is 2.33 bits per heavy atom. The first-order valence-corrected chi connectivity index (χ1v) is 3.52. The van der Waals surface area contributed by atoms with Crippen molar-refractivity contribution in [3.05, 3.63) is 0 Å². The maximum atomic E-state index is 11.4. The molecule has 0 aromatic carbocycles. The van der Waals surface area contributed by atoms with Crippen molar-refractivity contribution in [2.45, 2.75) is 6.92 Å². The molecule has 1 aliphatic rings. The van der Waals surface area contributed by atoms with E-state index < -0.39 is 38.5 Å². The molecule has 1 N–H and O–H groups in total. The van der Waals surface area contributed by atoms with Gasteiger partial charge in [-0.1, -0.05) is 0 Å². The lowest BCUT2D eigenvalue weighted by atomic mass is 10.3. The molecule has 0 aliphatic carbocycles. The SMILES string of the molecule is [2H]C1([2H])NC([2H])([2H])C([2H])([2H])N(CC(=O)OCC)C1([2H])[2H]. The van der Waals surface area contributed by atoms with E-state index in [4.69, 9.17) is 11.0 Å². The molecule has 0 aromatic heterocycles. The second-order valence-electron chi connectivity index (χ2n) is 1.99. The van der Waals surface area contributed by atoms with E-state index in [0.29, 0.717) is 0 Å². The van der Waals surface area contributed by atoms with Crippen LogP contribution in [0, 0.1) is 0 Å². The predicted molar refractivity (Wildman–Crippen MR) is 45.9 cm³/mol. The summed E-state index contributed by atoms with van der Waals surface area (Å²) in [4.78, 5) is 11.6. The van der Waals surface area contributed by atoms with Crippen LogP contribution in [0.5, 0.6) is 0 Å². The minimum absolute atomic E-state index is 0.00326. The van der Waals surface area contributed by atoms with Crippen LogP contribution >= 0.6 is 0 Å². The Morgan fingerprint density at radius 3 is 2.92 bits per heavy atom. The Bertz CT molecular complexity index is 374. The van der Waals surface area contributed by atoms with Crippen LogP contribution in [0.15, 0.2) is 0 Å². The molecule has 1 saturated heterocycles. The molecular weight excluding hydrogens is 156 g/mol. The molecule has 0 bridgehead atoms. The molecule has 0 atom stereocenters. The van der Waals surface area contributed by atoms with Gasteiger partial charge in [0.1, 0.15) is 0 Å². The predicted octanol–water partition coefficient (Wildman–Crippen LogP) is -0.545. The summed E-state index contributed by atoms with van der Waals surface area (Å²) in [7, 11) is 0. The van der Waals surface area contributed by atoms with Crippen LogP contribution in [0.3, 0.4) is 0 Å². The first-order chi connectivity index (χ1) is 8.79. The number of carbonyl (C=O) groups excluding carboxylic acids is 1. The lowest BCUT2D eigenvalue weighted by molar-refractivity contribution is -0.144. The summed E-state index contributed by atoms with van der Waals surface area (Å²) >= 11 is 0. The lowest BCUT2D eigenvalue weighted by Crippen LogP contribution is -2.45. The van der Waals surface area contributed by atoms with Crippen molar-refractivity contribution < 1.29 is 20.5 Å². The van der Waals surface area contributed by atoms with Gasteiger partial charge >= 0.3 is 5.97 Å². The van der Waals surface area contributed by atoms with Gasteiger partial charge in [0.15, 0.2) is 0 Å². The molecule has 1 heterocycles. The highest BCUT2D eigenvalue weighted by atomic mass is 16.5. The van der Waals surface area contributed by atoms with Crippen molar-refractivity contribution in [2.24, 2.45) is 0 Å². The Kier molecular flexibility index (Phi) is 1.39. The zero-order chi connectivity index (χ0) is 16.0. The van der Waals surface area contributed by atoms with E-state index in [1.807, 2.05) is 0 Å². The molecule has 12 heavy (non-hydrogen) atoms. The van der Waals surface area contributed by atoms with Crippen molar-refractivity contribution in [1.29, 1.82) is 0 Å². The highest BCUT2D eigenvalue weighted by Gasteiger charge is 2.13. The van der Waals surface area contributed by atoms with Crippen molar-refractivity contribution >= 4 is 5.97 Å². The summed E-state index contributed by atoms with van der Waals surface area (Å²) in [5.74, 6) is -0.964. The number of esters is 1. The van der Waals surface area contributed by atoms with Crippen LogP contribution in [0.25, 0.3) is 0 Å². The van der Waals surface area contributed by atoms with Crippen LogP contribution in [-0.4, -0.2) is 50.0 Å². The number of piperazine rings is 1. The number of nitrogens with zero attached hydrogens (tertiary/aromatic N) is 1.